The van der Waals surface area contributed by atoms with Crippen molar-refractivity contribution in [2.24, 2.45) is 11.1 Å². The Morgan fingerprint density at radius 3 is 2.76 bits per heavy atom. The van der Waals surface area contributed by atoms with E-state index in [2.05, 4.69) is 23.8 Å². The molecule has 3 rings (SSSR count). The van der Waals surface area contributed by atoms with Crippen LogP contribution < -0.4 is 0 Å². The Balaban J connectivity index is 1.95. The molecule has 1 aromatic rings. The highest BCUT2D eigenvalue weighted by atomic mass is 32.2. The zero-order valence-electron chi connectivity index (χ0n) is 12.6. The normalized spacial score (nSPS) is 32.2. The van der Waals surface area contributed by atoms with Gasteiger partial charge in [0.1, 0.15) is 12.9 Å². The quantitative estimate of drug-likeness (QED) is 0.598. The zero-order valence-corrected chi connectivity index (χ0v) is 13.4. The first-order chi connectivity index (χ1) is 10.2. The van der Waals surface area contributed by atoms with Gasteiger partial charge in [-0.15, -0.1) is 0 Å². The molecule has 0 amide bonds. The summed E-state index contributed by atoms with van der Waals surface area (Å²) in [4.78, 5) is 5.08. The molecule has 0 N–H and O–H groups in total. The fraction of sp³-hybridized carbons (Fsp3) is 0.588. The monoisotopic (exact) mass is 307 g/mol. The summed E-state index contributed by atoms with van der Waals surface area (Å²) in [5, 5.41) is 5.69. The number of hydrogen-bond acceptors (Lipinski definition) is 3. The molecule has 21 heavy (non-hydrogen) atoms. The fourth-order valence-corrected chi connectivity index (χ4v) is 5.71. The Labute approximate surface area is 130 Å². The molecular weight excluding hydrogens is 285 g/mol. The van der Waals surface area contributed by atoms with Crippen LogP contribution >= 0.6 is 11.8 Å². The minimum absolute atomic E-state index is 0.162. The van der Waals surface area contributed by atoms with Crippen LogP contribution in [0.5, 0.6) is 0 Å². The summed E-state index contributed by atoms with van der Waals surface area (Å²) in [6.45, 7) is 2.14. The molecule has 1 unspecified atom stereocenters. The summed E-state index contributed by atoms with van der Waals surface area (Å²) in [7, 11) is 1.62. The lowest BCUT2D eigenvalue weighted by Crippen LogP contribution is -2.34. The minimum Gasteiger partial charge on any atom is -0.399 e. The number of halogens is 1. The van der Waals surface area contributed by atoms with E-state index in [1.807, 2.05) is 12.1 Å². The van der Waals surface area contributed by atoms with Gasteiger partial charge in [0.05, 0.1) is 5.71 Å². The van der Waals surface area contributed by atoms with Gasteiger partial charge in [0.15, 0.2) is 0 Å². The summed E-state index contributed by atoms with van der Waals surface area (Å²) in [6, 6.07) is 7.05. The van der Waals surface area contributed by atoms with Gasteiger partial charge in [-0.05, 0) is 49.3 Å². The van der Waals surface area contributed by atoms with E-state index in [-0.39, 0.29) is 5.82 Å². The van der Waals surface area contributed by atoms with E-state index in [9.17, 15) is 4.39 Å². The number of fused-ring (bicyclic) bond motifs is 2. The second kappa shape index (κ2) is 6.39. The van der Waals surface area contributed by atoms with Crippen LogP contribution in [0.1, 0.15) is 44.1 Å². The molecule has 2 saturated heterocycles. The molecule has 0 saturated carbocycles. The predicted molar refractivity (Wildman–Crippen MR) is 86.4 cm³/mol. The predicted octanol–water partition coefficient (Wildman–Crippen LogP) is 4.61. The molecule has 2 heterocycles. The van der Waals surface area contributed by atoms with E-state index in [0.717, 1.165) is 17.4 Å². The number of oxime groups is 1. The SMILES string of the molecule is CCC(=NOC)[C@H]1[C@@H](c2ccc(F)cc2)CC2CC[C@H]1S2. The third-order valence-electron chi connectivity index (χ3n) is 4.74. The van der Waals surface area contributed by atoms with Crippen molar-refractivity contribution < 1.29 is 9.23 Å². The minimum atomic E-state index is -0.162. The second-order valence-electron chi connectivity index (χ2n) is 5.91. The average molecular weight is 307 g/mol. The van der Waals surface area contributed by atoms with Crippen molar-refractivity contribution in [3.63, 3.8) is 0 Å². The standard InChI is InChI=1S/C17H22FNOS/c1-3-15(19-20-2)17-14(10-13-8-9-16(17)21-13)11-4-6-12(18)7-5-11/h4-7,13-14,16-17H,3,8-10H2,1-2H3/t13?,14-,16-,17-/m1/s1. The van der Waals surface area contributed by atoms with Gasteiger partial charge in [-0.3, -0.25) is 0 Å². The van der Waals surface area contributed by atoms with E-state index in [4.69, 9.17) is 4.84 Å². The van der Waals surface area contributed by atoms with E-state index in [1.165, 1.54) is 24.8 Å². The Morgan fingerprint density at radius 1 is 1.33 bits per heavy atom. The van der Waals surface area contributed by atoms with E-state index in [1.54, 1.807) is 19.2 Å². The first-order valence-electron chi connectivity index (χ1n) is 7.73. The van der Waals surface area contributed by atoms with Gasteiger partial charge in [-0.2, -0.15) is 11.8 Å². The van der Waals surface area contributed by atoms with E-state index >= 15 is 0 Å². The lowest BCUT2D eigenvalue weighted by atomic mass is 9.78. The van der Waals surface area contributed by atoms with Gasteiger partial charge in [0.2, 0.25) is 0 Å². The number of thioether (sulfide) groups is 1. The number of rotatable bonds is 4. The summed E-state index contributed by atoms with van der Waals surface area (Å²) in [6.07, 6.45) is 4.64. The van der Waals surface area contributed by atoms with Crippen molar-refractivity contribution in [3.05, 3.63) is 35.6 Å². The largest absolute Gasteiger partial charge is 0.399 e. The Hall–Kier alpha value is -1.03. The summed E-state index contributed by atoms with van der Waals surface area (Å²) < 4.78 is 13.2. The molecule has 4 heteroatoms. The van der Waals surface area contributed by atoms with Gasteiger partial charge >= 0.3 is 0 Å². The average Bonchev–Trinajstić information content (AvgIpc) is 2.88. The van der Waals surface area contributed by atoms with Crippen LogP contribution in [-0.2, 0) is 4.84 Å². The van der Waals surface area contributed by atoms with Gasteiger partial charge in [0.25, 0.3) is 0 Å². The van der Waals surface area contributed by atoms with Gasteiger partial charge in [-0.25, -0.2) is 4.39 Å². The Morgan fingerprint density at radius 2 is 2.10 bits per heavy atom. The lowest BCUT2D eigenvalue weighted by Gasteiger charge is -2.37. The van der Waals surface area contributed by atoms with Crippen LogP contribution in [0.3, 0.4) is 0 Å². The van der Waals surface area contributed by atoms with E-state index < -0.39 is 0 Å². The molecule has 2 bridgehead atoms. The number of benzene rings is 1. The van der Waals surface area contributed by atoms with Crippen LogP contribution in [0.2, 0.25) is 0 Å². The molecule has 0 aromatic heterocycles. The Bertz CT molecular complexity index is 516. The maximum Gasteiger partial charge on any atom is 0.123 e. The third-order valence-corrected chi connectivity index (χ3v) is 6.44. The van der Waals surface area contributed by atoms with Crippen LogP contribution in [-0.4, -0.2) is 23.3 Å². The smallest absolute Gasteiger partial charge is 0.123 e. The summed E-state index contributed by atoms with van der Waals surface area (Å²) in [5.74, 6) is 0.701. The van der Waals surface area contributed by atoms with Crippen LogP contribution in [0.15, 0.2) is 29.4 Å². The van der Waals surface area contributed by atoms with Crippen molar-refractivity contribution in [1.29, 1.82) is 0 Å². The first-order valence-corrected chi connectivity index (χ1v) is 8.68. The molecule has 0 aliphatic carbocycles. The molecule has 114 valence electrons. The molecular formula is C17H22FNOS. The highest BCUT2D eigenvalue weighted by molar-refractivity contribution is 8.00. The van der Waals surface area contributed by atoms with Crippen molar-refractivity contribution in [2.75, 3.05) is 7.11 Å². The van der Waals surface area contributed by atoms with Crippen molar-refractivity contribution in [2.45, 2.75) is 49.0 Å². The van der Waals surface area contributed by atoms with Crippen LogP contribution in [0.4, 0.5) is 4.39 Å². The third kappa shape index (κ3) is 2.96. The molecule has 2 fully saturated rings. The molecule has 0 radical (unpaired) electrons. The van der Waals surface area contributed by atoms with Crippen molar-refractivity contribution in [1.82, 2.24) is 0 Å². The lowest BCUT2D eigenvalue weighted by molar-refractivity contribution is 0.209. The maximum atomic E-state index is 13.2. The molecule has 2 aliphatic rings. The van der Waals surface area contributed by atoms with Crippen LogP contribution in [0, 0.1) is 11.7 Å². The highest BCUT2D eigenvalue weighted by Gasteiger charge is 2.45. The fourth-order valence-electron chi connectivity index (χ4n) is 3.84. The van der Waals surface area contributed by atoms with Gasteiger partial charge in [-0.1, -0.05) is 24.2 Å². The van der Waals surface area contributed by atoms with Crippen LogP contribution in [0.25, 0.3) is 0 Å². The Kier molecular flexibility index (Phi) is 4.53. The molecule has 1 aromatic carbocycles. The molecule has 0 spiro atoms. The summed E-state index contributed by atoms with van der Waals surface area (Å²) in [5.41, 5.74) is 2.40. The molecule has 2 nitrogen and oxygen atoms in total. The summed E-state index contributed by atoms with van der Waals surface area (Å²) >= 11 is 2.12. The van der Waals surface area contributed by atoms with Crippen molar-refractivity contribution in [3.8, 4) is 0 Å². The van der Waals surface area contributed by atoms with Gasteiger partial charge < -0.3 is 4.84 Å². The topological polar surface area (TPSA) is 21.6 Å². The first kappa shape index (κ1) is 14.9. The maximum absolute atomic E-state index is 13.2. The second-order valence-corrected chi connectivity index (χ2v) is 7.46. The zero-order chi connectivity index (χ0) is 14.8. The van der Waals surface area contributed by atoms with Crippen molar-refractivity contribution >= 4 is 17.5 Å². The number of nitrogens with zero attached hydrogens (tertiary/aromatic N) is 1. The van der Waals surface area contributed by atoms with Gasteiger partial charge in [0, 0.05) is 16.4 Å². The number of hydrogen-bond donors (Lipinski definition) is 0. The molecule has 2 aliphatic heterocycles. The highest BCUT2D eigenvalue weighted by Crippen LogP contribution is 2.53. The molecule has 4 atom stereocenters. The van der Waals surface area contributed by atoms with E-state index in [0.29, 0.717) is 17.1 Å².